The van der Waals surface area contributed by atoms with E-state index >= 15 is 0 Å². The van der Waals surface area contributed by atoms with Crippen LogP contribution in [-0.4, -0.2) is 49.1 Å². The second-order valence-corrected chi connectivity index (χ2v) is 7.35. The van der Waals surface area contributed by atoms with E-state index in [9.17, 15) is 0 Å². The predicted molar refractivity (Wildman–Crippen MR) is 96.3 cm³/mol. The van der Waals surface area contributed by atoms with E-state index in [2.05, 4.69) is 49.8 Å². The Hall–Kier alpha value is -1.06. The molecule has 0 bridgehead atoms. The molecule has 0 saturated carbocycles. The molecule has 0 radical (unpaired) electrons. The maximum Gasteiger partial charge on any atom is 0.122 e. The van der Waals surface area contributed by atoms with Gasteiger partial charge in [0.2, 0.25) is 0 Å². The van der Waals surface area contributed by atoms with Gasteiger partial charge >= 0.3 is 0 Å². The Kier molecular flexibility index (Phi) is 5.27. The third-order valence-corrected chi connectivity index (χ3v) is 5.75. The van der Waals surface area contributed by atoms with Gasteiger partial charge in [-0.1, -0.05) is 13.0 Å². The van der Waals surface area contributed by atoms with Crippen molar-refractivity contribution in [1.29, 1.82) is 0 Å². The minimum atomic E-state index is 0.598. The molecule has 1 aromatic carbocycles. The van der Waals surface area contributed by atoms with Gasteiger partial charge in [0.05, 0.1) is 6.61 Å². The zero-order valence-electron chi connectivity index (χ0n) is 15.3. The van der Waals surface area contributed by atoms with Gasteiger partial charge in [-0.25, -0.2) is 0 Å². The summed E-state index contributed by atoms with van der Waals surface area (Å²) < 4.78 is 5.91. The van der Waals surface area contributed by atoms with Crippen LogP contribution in [0.15, 0.2) is 12.1 Å². The van der Waals surface area contributed by atoms with Crippen molar-refractivity contribution in [1.82, 2.24) is 9.80 Å². The van der Waals surface area contributed by atoms with E-state index in [4.69, 9.17) is 4.74 Å². The highest BCUT2D eigenvalue weighted by Gasteiger charge is 2.35. The van der Waals surface area contributed by atoms with Gasteiger partial charge < -0.3 is 9.64 Å². The third-order valence-electron chi connectivity index (χ3n) is 5.75. The Morgan fingerprint density at radius 3 is 2.74 bits per heavy atom. The Morgan fingerprint density at radius 2 is 1.96 bits per heavy atom. The number of piperidine rings is 1. The maximum absolute atomic E-state index is 5.91. The molecule has 23 heavy (non-hydrogen) atoms. The van der Waals surface area contributed by atoms with Crippen molar-refractivity contribution >= 4 is 0 Å². The molecule has 0 amide bonds. The van der Waals surface area contributed by atoms with Gasteiger partial charge in [-0.3, -0.25) is 4.90 Å². The summed E-state index contributed by atoms with van der Waals surface area (Å²) in [5.41, 5.74) is 4.29. The van der Waals surface area contributed by atoms with Gasteiger partial charge in [0.25, 0.3) is 0 Å². The summed E-state index contributed by atoms with van der Waals surface area (Å²) in [5, 5.41) is 0. The fraction of sp³-hybridized carbons (Fsp3) is 0.700. The highest BCUT2D eigenvalue weighted by Crippen LogP contribution is 2.39. The minimum Gasteiger partial charge on any atom is -0.493 e. The number of likely N-dealkylation sites (N-methyl/N-ethyl adjacent to an activating group) is 1. The zero-order valence-corrected chi connectivity index (χ0v) is 15.3. The average Bonchev–Trinajstić information content (AvgIpc) is 2.55. The van der Waals surface area contributed by atoms with E-state index in [1.165, 1.54) is 55.6 Å². The summed E-state index contributed by atoms with van der Waals surface area (Å²) in [6, 6.07) is 5.87. The number of ether oxygens (including phenoxy) is 1. The normalized spacial score (nSPS) is 26.1. The summed E-state index contributed by atoms with van der Waals surface area (Å²) in [5.74, 6) is 1.07. The van der Waals surface area contributed by atoms with Crippen LogP contribution in [0.5, 0.6) is 5.75 Å². The molecule has 0 aromatic heterocycles. The summed E-state index contributed by atoms with van der Waals surface area (Å²) in [7, 11) is 2.26. The smallest absolute Gasteiger partial charge is 0.122 e. The molecule has 1 unspecified atom stereocenters. The first-order chi connectivity index (χ1) is 11.1. The topological polar surface area (TPSA) is 15.7 Å². The van der Waals surface area contributed by atoms with Crippen LogP contribution in [0.4, 0.5) is 0 Å². The lowest BCUT2D eigenvalue weighted by molar-refractivity contribution is 0.0183. The van der Waals surface area contributed by atoms with Crippen molar-refractivity contribution in [3.8, 4) is 5.75 Å². The van der Waals surface area contributed by atoms with Gasteiger partial charge in [-0.2, -0.15) is 0 Å². The second kappa shape index (κ2) is 7.23. The summed E-state index contributed by atoms with van der Waals surface area (Å²) in [6.07, 6.45) is 5.07. The van der Waals surface area contributed by atoms with E-state index in [0.717, 1.165) is 24.8 Å². The first-order valence-corrected chi connectivity index (χ1v) is 9.29. The van der Waals surface area contributed by atoms with Crippen molar-refractivity contribution in [3.05, 3.63) is 28.8 Å². The molecular formula is C20H32N2O. The van der Waals surface area contributed by atoms with Crippen LogP contribution in [0, 0.1) is 13.8 Å². The van der Waals surface area contributed by atoms with Crippen molar-refractivity contribution in [2.45, 2.75) is 58.5 Å². The number of hydrogen-bond donors (Lipinski definition) is 0. The Balaban J connectivity index is 1.84. The number of fused-ring (bicyclic) bond motifs is 1. The summed E-state index contributed by atoms with van der Waals surface area (Å²) in [4.78, 5) is 5.27. The number of rotatable bonds is 4. The number of benzene rings is 1. The first kappa shape index (κ1) is 16.8. The molecule has 1 aromatic rings. The summed E-state index contributed by atoms with van der Waals surface area (Å²) >= 11 is 0. The van der Waals surface area contributed by atoms with Crippen LogP contribution < -0.4 is 4.74 Å². The SMILES string of the molecule is CCCOc1ccc([C@H]2CCCC3CN(C)CCN32)c(C)c1C. The maximum atomic E-state index is 5.91. The lowest BCUT2D eigenvalue weighted by Crippen LogP contribution is -2.54. The molecule has 3 rings (SSSR count). The molecular weight excluding hydrogens is 284 g/mol. The molecule has 2 atom stereocenters. The van der Waals surface area contributed by atoms with Crippen molar-refractivity contribution in [2.24, 2.45) is 0 Å². The predicted octanol–water partition coefficient (Wildman–Crippen LogP) is 3.93. The highest BCUT2D eigenvalue weighted by molar-refractivity contribution is 5.45. The second-order valence-electron chi connectivity index (χ2n) is 7.35. The van der Waals surface area contributed by atoms with Gasteiger partial charge in [0.1, 0.15) is 5.75 Å². The quantitative estimate of drug-likeness (QED) is 0.837. The lowest BCUT2D eigenvalue weighted by Gasteiger charge is -2.48. The number of hydrogen-bond acceptors (Lipinski definition) is 3. The average molecular weight is 316 g/mol. The number of nitrogens with zero attached hydrogens (tertiary/aromatic N) is 2. The van der Waals surface area contributed by atoms with Crippen LogP contribution in [0.2, 0.25) is 0 Å². The van der Waals surface area contributed by atoms with Gasteiger partial charge in [0.15, 0.2) is 0 Å². The monoisotopic (exact) mass is 316 g/mol. The lowest BCUT2D eigenvalue weighted by atomic mass is 9.86. The van der Waals surface area contributed by atoms with E-state index in [1.54, 1.807) is 0 Å². The summed E-state index contributed by atoms with van der Waals surface area (Å²) in [6.45, 7) is 11.1. The minimum absolute atomic E-state index is 0.598. The Bertz CT molecular complexity index is 543. The van der Waals surface area contributed by atoms with Crippen molar-refractivity contribution in [3.63, 3.8) is 0 Å². The molecule has 2 aliphatic heterocycles. The molecule has 2 saturated heterocycles. The fourth-order valence-electron chi connectivity index (χ4n) is 4.29. The zero-order chi connectivity index (χ0) is 16.4. The molecule has 2 heterocycles. The van der Waals surface area contributed by atoms with Crippen LogP contribution in [0.3, 0.4) is 0 Å². The van der Waals surface area contributed by atoms with E-state index < -0.39 is 0 Å². The Labute approximate surface area is 141 Å². The van der Waals surface area contributed by atoms with Crippen LogP contribution >= 0.6 is 0 Å². The van der Waals surface area contributed by atoms with Gasteiger partial charge in [-0.05, 0) is 69.3 Å². The van der Waals surface area contributed by atoms with Crippen LogP contribution in [0.25, 0.3) is 0 Å². The van der Waals surface area contributed by atoms with Crippen molar-refractivity contribution < 1.29 is 4.74 Å². The molecule has 2 aliphatic rings. The molecule has 3 heteroatoms. The molecule has 0 N–H and O–H groups in total. The molecule has 2 fully saturated rings. The molecule has 3 nitrogen and oxygen atoms in total. The Morgan fingerprint density at radius 1 is 1.13 bits per heavy atom. The van der Waals surface area contributed by atoms with Gasteiger partial charge in [0, 0.05) is 31.7 Å². The van der Waals surface area contributed by atoms with Crippen molar-refractivity contribution in [2.75, 3.05) is 33.3 Å². The van der Waals surface area contributed by atoms with Crippen LogP contribution in [0.1, 0.15) is 55.3 Å². The highest BCUT2D eigenvalue weighted by atomic mass is 16.5. The third kappa shape index (κ3) is 3.41. The first-order valence-electron chi connectivity index (χ1n) is 9.29. The fourth-order valence-corrected chi connectivity index (χ4v) is 4.29. The molecule has 0 aliphatic carbocycles. The van der Waals surface area contributed by atoms with Gasteiger partial charge in [-0.15, -0.1) is 0 Å². The van der Waals surface area contributed by atoms with E-state index in [0.29, 0.717) is 6.04 Å². The largest absolute Gasteiger partial charge is 0.493 e. The molecule has 128 valence electrons. The number of piperazine rings is 1. The van der Waals surface area contributed by atoms with E-state index in [1.807, 2.05) is 0 Å². The van der Waals surface area contributed by atoms with Crippen LogP contribution in [-0.2, 0) is 0 Å². The molecule has 0 spiro atoms. The standard InChI is InChI=1S/C20H32N2O/c1-5-13-23-20-10-9-18(15(2)16(20)3)19-8-6-7-17-14-21(4)11-12-22(17)19/h9-10,17,19H,5-8,11-14H2,1-4H3/t17?,19-/m1/s1. The van der Waals surface area contributed by atoms with E-state index in [-0.39, 0.29) is 0 Å².